The number of fused-ring (bicyclic) bond motifs is 3. The lowest BCUT2D eigenvalue weighted by molar-refractivity contribution is -0.329. The van der Waals surface area contributed by atoms with E-state index >= 15 is 0 Å². The molecule has 2 aliphatic rings. The topological polar surface area (TPSA) is 85.7 Å². The molecule has 0 radical (unpaired) electrons. The van der Waals surface area contributed by atoms with Gasteiger partial charge in [0.25, 0.3) is 5.82 Å². The minimum atomic E-state index is 0.181. The van der Waals surface area contributed by atoms with Gasteiger partial charge in [-0.3, -0.25) is 4.90 Å². The molecule has 7 heteroatoms. The number of morpholine rings is 1. The van der Waals surface area contributed by atoms with E-state index in [0.717, 1.165) is 48.8 Å². The lowest BCUT2D eigenvalue weighted by Crippen LogP contribution is -2.41. The smallest absolute Gasteiger partial charge is 0.281 e. The first-order valence-corrected chi connectivity index (χ1v) is 9.55. The van der Waals surface area contributed by atoms with E-state index in [1.807, 2.05) is 0 Å². The van der Waals surface area contributed by atoms with E-state index in [1.165, 1.54) is 22.5 Å². The quantitative estimate of drug-likeness (QED) is 0.887. The average Bonchev–Trinajstić information content (AvgIpc) is 2.97. The maximum atomic E-state index is 9.40. The summed E-state index contributed by atoms with van der Waals surface area (Å²) in [5, 5.41) is 10.4. The van der Waals surface area contributed by atoms with Crippen molar-refractivity contribution in [1.29, 1.82) is 5.26 Å². The minimum Gasteiger partial charge on any atom is -0.396 e. The van der Waals surface area contributed by atoms with Gasteiger partial charge in [-0.1, -0.05) is 25.2 Å². The van der Waals surface area contributed by atoms with E-state index in [1.54, 1.807) is 0 Å². The van der Waals surface area contributed by atoms with Crippen LogP contribution in [0, 0.1) is 17.2 Å². The maximum Gasteiger partial charge on any atom is 0.281 e. The molecule has 2 aromatic heterocycles. The molecule has 2 aromatic rings. The molecule has 0 aliphatic carbocycles. The molecule has 0 bridgehead atoms. The molecular weight excluding hydrogens is 336 g/mol. The zero-order valence-electron chi connectivity index (χ0n) is 14.6. The number of thiophene rings is 1. The second-order valence-electron chi connectivity index (χ2n) is 6.99. The van der Waals surface area contributed by atoms with Crippen molar-refractivity contribution in [3.8, 4) is 6.07 Å². The van der Waals surface area contributed by atoms with Crippen LogP contribution in [-0.4, -0.2) is 32.4 Å². The molecule has 1 atom stereocenters. The lowest BCUT2D eigenvalue weighted by atomic mass is 9.91. The fraction of sp³-hybridized carbons (Fsp3) is 0.556. The number of H-pyrrole nitrogens is 1. The number of hydrogen-bond donors (Lipinski definition) is 1. The van der Waals surface area contributed by atoms with E-state index in [2.05, 4.69) is 29.8 Å². The third kappa shape index (κ3) is 2.74. The molecule has 1 saturated heterocycles. The van der Waals surface area contributed by atoms with E-state index in [4.69, 9.17) is 15.2 Å². The molecule has 0 spiro atoms. The molecule has 0 amide bonds. The van der Waals surface area contributed by atoms with E-state index in [9.17, 15) is 5.26 Å². The largest absolute Gasteiger partial charge is 0.396 e. The maximum absolute atomic E-state index is 9.40. The van der Waals surface area contributed by atoms with Gasteiger partial charge >= 0.3 is 0 Å². The van der Waals surface area contributed by atoms with Gasteiger partial charge in [0.2, 0.25) is 0 Å². The summed E-state index contributed by atoms with van der Waals surface area (Å²) in [4.78, 5) is 7.43. The SMILES string of the molecule is CC(C)[C@H]1Cc2c(c(N3CCOCC3)[nH+]c3sc(C#N)c(N)c23)CO1. The van der Waals surface area contributed by atoms with Gasteiger partial charge in [0, 0.05) is 6.42 Å². The van der Waals surface area contributed by atoms with Gasteiger partial charge in [0.15, 0.2) is 4.83 Å². The Hall–Kier alpha value is -1.88. The highest BCUT2D eigenvalue weighted by Gasteiger charge is 2.34. The summed E-state index contributed by atoms with van der Waals surface area (Å²) in [7, 11) is 0. The third-order valence-corrected chi connectivity index (χ3v) is 6.17. The van der Waals surface area contributed by atoms with E-state index < -0.39 is 0 Å². The molecule has 6 nitrogen and oxygen atoms in total. The van der Waals surface area contributed by atoms with Gasteiger partial charge in [0.1, 0.15) is 24.0 Å². The van der Waals surface area contributed by atoms with Crippen LogP contribution in [0.3, 0.4) is 0 Å². The van der Waals surface area contributed by atoms with Crippen molar-refractivity contribution in [2.45, 2.75) is 33.0 Å². The highest BCUT2D eigenvalue weighted by Crippen LogP contribution is 2.40. The molecule has 0 aromatic carbocycles. The normalized spacial score (nSPS) is 20.7. The summed E-state index contributed by atoms with van der Waals surface area (Å²) < 4.78 is 11.6. The monoisotopic (exact) mass is 359 g/mol. The van der Waals surface area contributed by atoms with Crippen molar-refractivity contribution in [2.75, 3.05) is 36.9 Å². The Morgan fingerprint density at radius 2 is 2.08 bits per heavy atom. The van der Waals surface area contributed by atoms with Crippen molar-refractivity contribution in [1.82, 2.24) is 0 Å². The predicted octanol–water partition coefficient (Wildman–Crippen LogP) is 2.10. The van der Waals surface area contributed by atoms with E-state index in [0.29, 0.717) is 23.1 Å². The number of hydrogen-bond acceptors (Lipinski definition) is 6. The fourth-order valence-corrected chi connectivity index (χ4v) is 4.65. The highest BCUT2D eigenvalue weighted by atomic mass is 32.1. The lowest BCUT2D eigenvalue weighted by Gasteiger charge is -2.31. The molecule has 4 rings (SSSR count). The van der Waals surface area contributed by atoms with Crippen LogP contribution in [0.25, 0.3) is 10.2 Å². The number of aromatic nitrogens is 1. The number of nitriles is 1. The van der Waals surface area contributed by atoms with Crippen LogP contribution in [0.1, 0.15) is 29.9 Å². The van der Waals surface area contributed by atoms with Crippen molar-refractivity contribution < 1.29 is 14.5 Å². The Balaban J connectivity index is 1.91. The number of nitrogen functional groups attached to an aromatic ring is 1. The molecule has 0 unspecified atom stereocenters. The number of rotatable bonds is 2. The Morgan fingerprint density at radius 1 is 1.32 bits per heavy atom. The minimum absolute atomic E-state index is 0.181. The molecule has 4 heterocycles. The summed E-state index contributed by atoms with van der Waals surface area (Å²) in [6, 6.07) is 2.23. The van der Waals surface area contributed by atoms with E-state index in [-0.39, 0.29) is 6.10 Å². The zero-order valence-corrected chi connectivity index (χ0v) is 15.4. The van der Waals surface area contributed by atoms with Gasteiger partial charge in [-0.05, 0) is 11.5 Å². The van der Waals surface area contributed by atoms with Crippen LogP contribution in [0.15, 0.2) is 0 Å². The fourth-order valence-electron chi connectivity index (χ4n) is 3.71. The van der Waals surface area contributed by atoms with Crippen molar-refractivity contribution in [3.05, 3.63) is 16.0 Å². The summed E-state index contributed by atoms with van der Waals surface area (Å²) >= 11 is 1.44. The second kappa shape index (κ2) is 6.45. The third-order valence-electron chi connectivity index (χ3n) is 5.15. The molecule has 2 aliphatic heterocycles. The Bertz CT molecular complexity index is 849. The number of nitrogens with one attached hydrogen (secondary N) is 1. The van der Waals surface area contributed by atoms with Crippen molar-refractivity contribution in [2.24, 2.45) is 5.92 Å². The summed E-state index contributed by atoms with van der Waals surface area (Å²) in [6.45, 7) is 8.11. The molecular formula is C18H23N4O2S+. The first-order chi connectivity index (χ1) is 12.1. The van der Waals surface area contributed by atoms with Gasteiger partial charge in [-0.2, -0.15) is 5.26 Å². The first-order valence-electron chi connectivity index (χ1n) is 8.73. The second-order valence-corrected chi connectivity index (χ2v) is 8.01. The van der Waals surface area contributed by atoms with Gasteiger partial charge in [-0.15, -0.1) is 0 Å². The Labute approximate surface area is 151 Å². The number of ether oxygens (including phenoxy) is 2. The Morgan fingerprint density at radius 3 is 2.76 bits per heavy atom. The van der Waals surface area contributed by atoms with Gasteiger partial charge in [-0.25, -0.2) is 4.98 Å². The number of nitrogens with two attached hydrogens (primary N) is 1. The molecule has 25 heavy (non-hydrogen) atoms. The number of pyridine rings is 1. The average molecular weight is 359 g/mol. The van der Waals surface area contributed by atoms with Crippen LogP contribution in [-0.2, 0) is 22.5 Å². The van der Waals surface area contributed by atoms with Crippen LogP contribution in [0.2, 0.25) is 0 Å². The van der Waals surface area contributed by atoms with Gasteiger partial charge < -0.3 is 15.2 Å². The number of anilines is 2. The van der Waals surface area contributed by atoms with Crippen molar-refractivity contribution in [3.63, 3.8) is 0 Å². The molecule has 132 valence electrons. The molecule has 0 saturated carbocycles. The number of aromatic amines is 1. The van der Waals surface area contributed by atoms with Crippen LogP contribution >= 0.6 is 11.3 Å². The van der Waals surface area contributed by atoms with Crippen LogP contribution < -0.4 is 15.6 Å². The Kier molecular flexibility index (Phi) is 4.28. The standard InChI is InChI=1S/C18H22N4O2S/c1-10(2)13-7-11-12(9-24-13)17(22-3-5-23-6-4-22)21-18-15(11)16(20)14(8-19)25-18/h10,13H,3-7,9,20H2,1-2H3/p+1/t13-/m1/s1. The number of nitrogens with zero attached hydrogens (tertiary/aromatic N) is 2. The summed E-state index contributed by atoms with van der Waals surface area (Å²) in [5.74, 6) is 1.54. The predicted molar refractivity (Wildman–Crippen MR) is 97.7 cm³/mol. The zero-order chi connectivity index (χ0) is 17.6. The van der Waals surface area contributed by atoms with Crippen LogP contribution in [0.4, 0.5) is 11.5 Å². The summed E-state index contributed by atoms with van der Waals surface area (Å²) in [5.41, 5.74) is 9.35. The van der Waals surface area contributed by atoms with Crippen LogP contribution in [0.5, 0.6) is 0 Å². The first kappa shape index (κ1) is 16.6. The molecule has 3 N–H and O–H groups in total. The summed E-state index contributed by atoms with van der Waals surface area (Å²) in [6.07, 6.45) is 1.02. The highest BCUT2D eigenvalue weighted by molar-refractivity contribution is 7.19. The molecule has 1 fully saturated rings. The van der Waals surface area contributed by atoms with Gasteiger partial charge in [0.05, 0.1) is 42.6 Å². The van der Waals surface area contributed by atoms with Crippen molar-refractivity contribution >= 4 is 33.1 Å².